The molecule has 2 N–H and O–H groups in total. The van der Waals surface area contributed by atoms with Gasteiger partial charge in [0.05, 0.1) is 17.8 Å². The molecule has 0 spiro atoms. The maximum Gasteiger partial charge on any atom is 0.238 e. The third-order valence-electron chi connectivity index (χ3n) is 3.20. The largest absolute Gasteiger partial charge is 0.455 e. The van der Waals surface area contributed by atoms with Gasteiger partial charge in [-0.15, -0.1) is 0 Å². The molecule has 0 atom stereocenters. The summed E-state index contributed by atoms with van der Waals surface area (Å²) in [6.07, 6.45) is 0. The lowest BCUT2D eigenvalue weighted by Crippen LogP contribution is -2.40. The predicted octanol–water partition coefficient (Wildman–Crippen LogP) is 3.12. The number of carbonyl (C=O) groups is 1. The number of para-hydroxylation sites is 3. The topological polar surface area (TPSA) is 61.8 Å². The minimum atomic E-state index is -0.844. The monoisotopic (exact) mass is 328 g/mol. The molecule has 0 saturated carbocycles. The first-order valence-corrected chi connectivity index (χ1v) is 7.86. The van der Waals surface area contributed by atoms with Crippen molar-refractivity contribution < 1.29 is 14.6 Å². The molecule has 5 nitrogen and oxygen atoms in total. The fourth-order valence-electron chi connectivity index (χ4n) is 2.43. The Morgan fingerprint density at radius 1 is 1.12 bits per heavy atom. The van der Waals surface area contributed by atoms with Gasteiger partial charge in [-0.05, 0) is 45.2 Å². The van der Waals surface area contributed by atoms with Crippen LogP contribution >= 0.6 is 0 Å². The van der Waals surface area contributed by atoms with Gasteiger partial charge < -0.3 is 15.2 Å². The Labute approximate surface area is 142 Å². The van der Waals surface area contributed by atoms with Gasteiger partial charge >= 0.3 is 0 Å². The number of hydrogen-bond donors (Lipinski definition) is 2. The summed E-state index contributed by atoms with van der Waals surface area (Å²) in [7, 11) is 1.80. The second-order valence-corrected chi connectivity index (χ2v) is 6.44. The van der Waals surface area contributed by atoms with Crippen LogP contribution in [0.25, 0.3) is 0 Å². The lowest BCUT2D eigenvalue weighted by atomic mass is 10.1. The third-order valence-corrected chi connectivity index (χ3v) is 3.20. The van der Waals surface area contributed by atoms with E-state index in [1.54, 1.807) is 31.9 Å². The van der Waals surface area contributed by atoms with E-state index in [0.717, 1.165) is 0 Å². The lowest BCUT2D eigenvalue weighted by Gasteiger charge is -2.25. The van der Waals surface area contributed by atoms with E-state index in [-0.39, 0.29) is 12.5 Å². The Kier molecular flexibility index (Phi) is 5.95. The normalized spacial score (nSPS) is 11.4. The molecular formula is C19H24N2O3. The zero-order valence-electron chi connectivity index (χ0n) is 14.3. The highest BCUT2D eigenvalue weighted by molar-refractivity contribution is 5.93. The molecule has 0 fully saturated rings. The van der Waals surface area contributed by atoms with E-state index in [9.17, 15) is 9.90 Å². The van der Waals surface area contributed by atoms with Crippen molar-refractivity contribution in [3.8, 4) is 11.5 Å². The number of benzene rings is 2. The number of carbonyl (C=O) groups excluding carboxylic acids is 1. The van der Waals surface area contributed by atoms with Crippen LogP contribution in [0, 0.1) is 0 Å². The van der Waals surface area contributed by atoms with Gasteiger partial charge in [-0.3, -0.25) is 9.69 Å². The molecule has 0 saturated heterocycles. The van der Waals surface area contributed by atoms with Crippen LogP contribution in [0.2, 0.25) is 0 Å². The summed E-state index contributed by atoms with van der Waals surface area (Å²) in [4.78, 5) is 14.0. The van der Waals surface area contributed by atoms with Gasteiger partial charge in [-0.1, -0.05) is 30.3 Å². The van der Waals surface area contributed by atoms with Gasteiger partial charge in [0.25, 0.3) is 0 Å². The zero-order chi connectivity index (χ0) is 17.6. The molecule has 0 aliphatic heterocycles. The molecule has 1 amide bonds. The van der Waals surface area contributed by atoms with Gasteiger partial charge in [0.2, 0.25) is 5.91 Å². The maximum absolute atomic E-state index is 12.2. The van der Waals surface area contributed by atoms with Crippen molar-refractivity contribution >= 4 is 11.6 Å². The van der Waals surface area contributed by atoms with Crippen LogP contribution in [0.5, 0.6) is 11.5 Å². The molecule has 0 aromatic heterocycles. The fraction of sp³-hybridized carbons (Fsp3) is 0.316. The van der Waals surface area contributed by atoms with E-state index in [4.69, 9.17) is 4.74 Å². The molecule has 0 radical (unpaired) electrons. The van der Waals surface area contributed by atoms with Crippen molar-refractivity contribution in [2.45, 2.75) is 19.4 Å². The van der Waals surface area contributed by atoms with Crippen LogP contribution in [-0.4, -0.2) is 41.7 Å². The summed E-state index contributed by atoms with van der Waals surface area (Å²) in [5, 5.41) is 12.7. The number of rotatable bonds is 7. The average molecular weight is 328 g/mol. The van der Waals surface area contributed by atoms with Gasteiger partial charge in [0.1, 0.15) is 5.75 Å². The quantitative estimate of drug-likeness (QED) is 0.820. The van der Waals surface area contributed by atoms with E-state index < -0.39 is 5.60 Å². The van der Waals surface area contributed by atoms with E-state index in [2.05, 4.69) is 5.32 Å². The van der Waals surface area contributed by atoms with Gasteiger partial charge in [0, 0.05) is 6.54 Å². The van der Waals surface area contributed by atoms with Gasteiger partial charge in [-0.25, -0.2) is 0 Å². The number of ether oxygens (including phenoxy) is 1. The minimum Gasteiger partial charge on any atom is -0.455 e. The molecule has 2 rings (SSSR count). The number of likely N-dealkylation sites (N-methyl/N-ethyl adjacent to an activating group) is 1. The number of amides is 1. The Morgan fingerprint density at radius 3 is 2.42 bits per heavy atom. The second-order valence-electron chi connectivity index (χ2n) is 6.44. The summed E-state index contributed by atoms with van der Waals surface area (Å²) in [6, 6.07) is 16.7. The van der Waals surface area contributed by atoms with Crippen LogP contribution in [0.4, 0.5) is 5.69 Å². The van der Waals surface area contributed by atoms with Crippen LogP contribution in [0.3, 0.4) is 0 Å². The Hall–Kier alpha value is -2.37. The van der Waals surface area contributed by atoms with E-state index in [1.807, 2.05) is 48.5 Å². The van der Waals surface area contributed by atoms with Crippen LogP contribution in [-0.2, 0) is 4.79 Å². The molecule has 0 aliphatic carbocycles. The Morgan fingerprint density at radius 2 is 1.75 bits per heavy atom. The summed E-state index contributed by atoms with van der Waals surface area (Å²) in [6.45, 7) is 4.01. The van der Waals surface area contributed by atoms with Gasteiger partial charge in [-0.2, -0.15) is 0 Å². The highest BCUT2D eigenvalue weighted by atomic mass is 16.5. The summed E-state index contributed by atoms with van der Waals surface area (Å²) in [5.41, 5.74) is -0.230. The zero-order valence-corrected chi connectivity index (χ0v) is 14.3. The smallest absolute Gasteiger partial charge is 0.238 e. The van der Waals surface area contributed by atoms with Crippen LogP contribution in [0.1, 0.15) is 13.8 Å². The number of nitrogens with zero attached hydrogens (tertiary/aromatic N) is 1. The Bertz CT molecular complexity index is 666. The number of anilines is 1. The number of nitrogens with one attached hydrogen (secondary N) is 1. The molecule has 128 valence electrons. The maximum atomic E-state index is 12.2. The summed E-state index contributed by atoms with van der Waals surface area (Å²) in [5.74, 6) is 1.13. The van der Waals surface area contributed by atoms with Crippen molar-refractivity contribution in [3.63, 3.8) is 0 Å². The van der Waals surface area contributed by atoms with Crippen molar-refractivity contribution in [3.05, 3.63) is 54.6 Å². The highest BCUT2D eigenvalue weighted by Crippen LogP contribution is 2.29. The standard InChI is InChI=1S/C19H24N2O3/c1-19(2,23)14-21(3)13-18(22)20-16-11-7-8-12-17(16)24-15-9-5-4-6-10-15/h4-12,23H,13-14H2,1-3H3,(H,20,22). The first kappa shape index (κ1) is 18.0. The summed E-state index contributed by atoms with van der Waals surface area (Å²) >= 11 is 0. The van der Waals surface area contributed by atoms with E-state index >= 15 is 0 Å². The molecule has 5 heteroatoms. The molecule has 24 heavy (non-hydrogen) atoms. The molecule has 0 aliphatic rings. The molecule has 2 aromatic carbocycles. The first-order chi connectivity index (χ1) is 11.3. The lowest BCUT2D eigenvalue weighted by molar-refractivity contribution is -0.117. The first-order valence-electron chi connectivity index (χ1n) is 7.86. The van der Waals surface area contributed by atoms with E-state index in [0.29, 0.717) is 23.7 Å². The van der Waals surface area contributed by atoms with Crippen molar-refractivity contribution in [2.75, 3.05) is 25.5 Å². The van der Waals surface area contributed by atoms with Crippen molar-refractivity contribution in [1.82, 2.24) is 4.90 Å². The van der Waals surface area contributed by atoms with Gasteiger partial charge in [0.15, 0.2) is 5.75 Å². The number of hydrogen-bond acceptors (Lipinski definition) is 4. The third kappa shape index (κ3) is 6.02. The fourth-order valence-corrected chi connectivity index (χ4v) is 2.43. The molecule has 0 unspecified atom stereocenters. The van der Waals surface area contributed by atoms with Crippen LogP contribution < -0.4 is 10.1 Å². The summed E-state index contributed by atoms with van der Waals surface area (Å²) < 4.78 is 5.83. The molecule has 0 heterocycles. The molecule has 2 aromatic rings. The number of aliphatic hydroxyl groups is 1. The highest BCUT2D eigenvalue weighted by Gasteiger charge is 2.18. The average Bonchev–Trinajstić information content (AvgIpc) is 2.48. The van der Waals surface area contributed by atoms with E-state index in [1.165, 1.54) is 0 Å². The molecular weight excluding hydrogens is 304 g/mol. The SMILES string of the molecule is CN(CC(=O)Nc1ccccc1Oc1ccccc1)CC(C)(C)O. The Balaban J connectivity index is 2.01. The van der Waals surface area contributed by atoms with Crippen molar-refractivity contribution in [1.29, 1.82) is 0 Å². The minimum absolute atomic E-state index is 0.161. The van der Waals surface area contributed by atoms with Crippen LogP contribution in [0.15, 0.2) is 54.6 Å². The predicted molar refractivity (Wildman–Crippen MR) is 95.4 cm³/mol. The molecule has 0 bridgehead atoms. The second kappa shape index (κ2) is 7.95. The van der Waals surface area contributed by atoms with Crippen molar-refractivity contribution in [2.24, 2.45) is 0 Å².